The summed E-state index contributed by atoms with van der Waals surface area (Å²) in [5.74, 6) is 0.190. The van der Waals surface area contributed by atoms with Crippen molar-refractivity contribution in [3.63, 3.8) is 0 Å². The number of carbonyl (C=O) groups excluding carboxylic acids is 2. The molecule has 0 saturated carbocycles. The molecule has 0 bridgehead atoms. The third-order valence-corrected chi connectivity index (χ3v) is 5.63. The predicted octanol–water partition coefficient (Wildman–Crippen LogP) is 4.02. The molecule has 0 unspecified atom stereocenters. The average Bonchev–Trinajstić information content (AvgIpc) is 2.81. The predicted molar refractivity (Wildman–Crippen MR) is 123 cm³/mol. The normalized spacial score (nSPS) is 13.7. The van der Waals surface area contributed by atoms with Crippen LogP contribution in [-0.4, -0.2) is 47.9 Å². The molecule has 8 heteroatoms. The molecule has 3 aromatic rings. The van der Waals surface area contributed by atoms with Gasteiger partial charge in [0.05, 0.1) is 28.9 Å². The molecule has 2 aromatic carbocycles. The molecule has 4 rings (SSSR count). The Morgan fingerprint density at radius 2 is 1.69 bits per heavy atom. The first-order valence-electron chi connectivity index (χ1n) is 10.3. The molecule has 0 atom stereocenters. The molecule has 2 amide bonds. The van der Waals surface area contributed by atoms with Gasteiger partial charge >= 0.3 is 0 Å². The van der Waals surface area contributed by atoms with Gasteiger partial charge in [-0.1, -0.05) is 35.9 Å². The number of hydrogen-bond donors (Lipinski definition) is 1. The van der Waals surface area contributed by atoms with E-state index in [-0.39, 0.29) is 24.1 Å². The number of nitrogens with one attached hydrogen (secondary N) is 1. The maximum atomic E-state index is 13.0. The van der Waals surface area contributed by atoms with Crippen LogP contribution in [-0.2, 0) is 11.2 Å². The molecular weight excluding hydrogens is 431 g/mol. The van der Waals surface area contributed by atoms with Gasteiger partial charge in [-0.05, 0) is 42.0 Å². The lowest BCUT2D eigenvalue weighted by Gasteiger charge is -2.35. The highest BCUT2D eigenvalue weighted by Crippen LogP contribution is 2.20. The number of nitrogens with zero attached hydrogens (tertiary/aromatic N) is 3. The van der Waals surface area contributed by atoms with Crippen LogP contribution in [0.15, 0.2) is 66.9 Å². The maximum absolute atomic E-state index is 13.0. The number of aromatic nitrogens is 1. The van der Waals surface area contributed by atoms with Crippen LogP contribution in [0.3, 0.4) is 0 Å². The minimum Gasteiger partial charge on any atom is -0.353 e. The molecule has 1 N–H and O–H groups in total. The largest absolute Gasteiger partial charge is 0.353 e. The number of pyridine rings is 1. The summed E-state index contributed by atoms with van der Waals surface area (Å²) in [6, 6.07) is 16.6. The van der Waals surface area contributed by atoms with Gasteiger partial charge in [-0.25, -0.2) is 9.37 Å². The van der Waals surface area contributed by atoms with Crippen LogP contribution in [0.2, 0.25) is 5.02 Å². The fourth-order valence-corrected chi connectivity index (χ4v) is 3.80. The second-order valence-electron chi connectivity index (χ2n) is 7.52. The number of hydrogen-bond acceptors (Lipinski definition) is 4. The molecule has 0 radical (unpaired) electrons. The SMILES string of the molecule is O=C(Cc1ccc(F)cc1)Nc1ccc(N2CCN(C(=O)c3ccccc3Cl)CC2)nc1. The molecule has 6 nitrogen and oxygen atoms in total. The molecule has 32 heavy (non-hydrogen) atoms. The lowest BCUT2D eigenvalue weighted by Crippen LogP contribution is -2.49. The van der Waals surface area contributed by atoms with Crippen molar-refractivity contribution in [3.8, 4) is 0 Å². The van der Waals surface area contributed by atoms with E-state index in [0.29, 0.717) is 42.5 Å². The lowest BCUT2D eigenvalue weighted by atomic mass is 10.1. The van der Waals surface area contributed by atoms with Crippen molar-refractivity contribution in [2.24, 2.45) is 0 Å². The Balaban J connectivity index is 1.30. The van der Waals surface area contributed by atoms with Crippen molar-refractivity contribution in [2.45, 2.75) is 6.42 Å². The molecule has 1 aliphatic rings. The summed E-state index contributed by atoms with van der Waals surface area (Å²) in [4.78, 5) is 33.3. The van der Waals surface area contributed by atoms with Gasteiger partial charge in [0.15, 0.2) is 0 Å². The smallest absolute Gasteiger partial charge is 0.255 e. The topological polar surface area (TPSA) is 65.5 Å². The van der Waals surface area contributed by atoms with E-state index in [4.69, 9.17) is 11.6 Å². The Kier molecular flexibility index (Phi) is 6.66. The highest BCUT2D eigenvalue weighted by molar-refractivity contribution is 6.33. The van der Waals surface area contributed by atoms with E-state index < -0.39 is 0 Å². The zero-order chi connectivity index (χ0) is 22.5. The molecule has 164 valence electrons. The highest BCUT2D eigenvalue weighted by atomic mass is 35.5. The molecule has 1 aromatic heterocycles. The van der Waals surface area contributed by atoms with Gasteiger partial charge < -0.3 is 15.1 Å². The minimum atomic E-state index is -0.331. The average molecular weight is 453 g/mol. The van der Waals surface area contributed by atoms with Crippen molar-refractivity contribution >= 4 is 34.9 Å². The van der Waals surface area contributed by atoms with E-state index in [1.807, 2.05) is 6.07 Å². The van der Waals surface area contributed by atoms with Crippen LogP contribution in [0.1, 0.15) is 15.9 Å². The third kappa shape index (κ3) is 5.23. The van der Waals surface area contributed by atoms with Gasteiger partial charge in [-0.3, -0.25) is 9.59 Å². The Morgan fingerprint density at radius 1 is 0.969 bits per heavy atom. The van der Waals surface area contributed by atoms with Crippen LogP contribution in [0.4, 0.5) is 15.9 Å². The number of amides is 2. The van der Waals surface area contributed by atoms with Crippen LogP contribution in [0, 0.1) is 5.82 Å². The first-order valence-corrected chi connectivity index (χ1v) is 10.7. The fraction of sp³-hybridized carbons (Fsp3) is 0.208. The standard InChI is InChI=1S/C24H22ClFN4O2/c25-21-4-2-1-3-20(21)24(32)30-13-11-29(12-14-30)22-10-9-19(16-27-22)28-23(31)15-17-5-7-18(26)8-6-17/h1-10,16H,11-15H2,(H,28,31). The second kappa shape index (κ2) is 9.78. The number of rotatable bonds is 5. The summed E-state index contributed by atoms with van der Waals surface area (Å²) in [7, 11) is 0. The minimum absolute atomic E-state index is 0.0672. The van der Waals surface area contributed by atoms with E-state index in [1.54, 1.807) is 53.6 Å². The number of benzene rings is 2. The molecule has 2 heterocycles. The van der Waals surface area contributed by atoms with E-state index in [1.165, 1.54) is 12.1 Å². The molecule has 0 spiro atoms. The van der Waals surface area contributed by atoms with E-state index in [0.717, 1.165) is 11.4 Å². The fourth-order valence-electron chi connectivity index (χ4n) is 3.58. The summed E-state index contributed by atoms with van der Waals surface area (Å²) in [6.45, 7) is 2.45. The molecule has 1 fully saturated rings. The second-order valence-corrected chi connectivity index (χ2v) is 7.92. The summed E-state index contributed by atoms with van der Waals surface area (Å²) < 4.78 is 13.0. The van der Waals surface area contributed by atoms with Gasteiger partial charge in [-0.2, -0.15) is 0 Å². The van der Waals surface area contributed by atoms with Crippen molar-refractivity contribution in [1.29, 1.82) is 0 Å². The maximum Gasteiger partial charge on any atom is 0.255 e. The van der Waals surface area contributed by atoms with Gasteiger partial charge in [-0.15, -0.1) is 0 Å². The van der Waals surface area contributed by atoms with Gasteiger partial charge in [0.2, 0.25) is 5.91 Å². The Bertz CT molecular complexity index is 1100. The van der Waals surface area contributed by atoms with Crippen molar-refractivity contribution in [3.05, 3.63) is 88.8 Å². The quantitative estimate of drug-likeness (QED) is 0.635. The Hall–Kier alpha value is -3.45. The van der Waals surface area contributed by atoms with Crippen LogP contribution < -0.4 is 10.2 Å². The highest BCUT2D eigenvalue weighted by Gasteiger charge is 2.24. The lowest BCUT2D eigenvalue weighted by molar-refractivity contribution is -0.115. The van der Waals surface area contributed by atoms with Crippen molar-refractivity contribution in [1.82, 2.24) is 9.88 Å². The van der Waals surface area contributed by atoms with Crippen LogP contribution in [0.25, 0.3) is 0 Å². The monoisotopic (exact) mass is 452 g/mol. The molecule has 1 saturated heterocycles. The number of anilines is 2. The number of carbonyl (C=O) groups is 2. The van der Waals surface area contributed by atoms with Crippen molar-refractivity contribution in [2.75, 3.05) is 36.4 Å². The molecule has 0 aliphatic carbocycles. The summed E-state index contributed by atoms with van der Waals surface area (Å²) in [6.07, 6.45) is 1.77. The third-order valence-electron chi connectivity index (χ3n) is 5.30. The molecule has 1 aliphatic heterocycles. The van der Waals surface area contributed by atoms with Gasteiger partial charge in [0.25, 0.3) is 5.91 Å². The summed E-state index contributed by atoms with van der Waals surface area (Å²) >= 11 is 6.15. The van der Waals surface area contributed by atoms with Crippen LogP contribution in [0.5, 0.6) is 0 Å². The first kappa shape index (κ1) is 21.8. The molecular formula is C24H22ClFN4O2. The Morgan fingerprint density at radius 3 is 2.34 bits per heavy atom. The van der Waals surface area contributed by atoms with Gasteiger partial charge in [0.1, 0.15) is 11.6 Å². The zero-order valence-corrected chi connectivity index (χ0v) is 18.1. The van der Waals surface area contributed by atoms with E-state index in [9.17, 15) is 14.0 Å². The van der Waals surface area contributed by atoms with Crippen molar-refractivity contribution < 1.29 is 14.0 Å². The summed E-state index contributed by atoms with van der Waals surface area (Å²) in [5, 5.41) is 3.26. The zero-order valence-electron chi connectivity index (χ0n) is 17.3. The van der Waals surface area contributed by atoms with E-state index >= 15 is 0 Å². The summed E-state index contributed by atoms with van der Waals surface area (Å²) in [5.41, 5.74) is 1.84. The number of piperazine rings is 1. The first-order chi connectivity index (χ1) is 15.5. The van der Waals surface area contributed by atoms with Gasteiger partial charge in [0, 0.05) is 26.2 Å². The number of halogens is 2. The van der Waals surface area contributed by atoms with E-state index in [2.05, 4.69) is 15.2 Å². The Labute approximate surface area is 190 Å². The van der Waals surface area contributed by atoms with Crippen LogP contribution >= 0.6 is 11.6 Å².